The highest BCUT2D eigenvalue weighted by atomic mass is 19.4. The van der Waals surface area contributed by atoms with Gasteiger partial charge in [0.2, 0.25) is 0 Å². The van der Waals surface area contributed by atoms with Gasteiger partial charge in [0.25, 0.3) is 5.91 Å². The first-order valence-electron chi connectivity index (χ1n) is 14.9. The third kappa shape index (κ3) is 5.71. The van der Waals surface area contributed by atoms with Crippen LogP contribution in [0.4, 0.5) is 13.2 Å². The molecule has 4 fully saturated rings. The van der Waals surface area contributed by atoms with Gasteiger partial charge in [-0.05, 0) is 93.4 Å². The Labute approximate surface area is 248 Å². The molecular formula is C34H36F3NO5. The van der Waals surface area contributed by atoms with E-state index in [0.29, 0.717) is 29.2 Å². The summed E-state index contributed by atoms with van der Waals surface area (Å²) in [6, 6.07) is 14.3. The van der Waals surface area contributed by atoms with Crippen LogP contribution in [0.15, 0.2) is 60.7 Å². The van der Waals surface area contributed by atoms with E-state index < -0.39 is 35.1 Å². The quantitative estimate of drug-likeness (QED) is 0.270. The molecule has 1 amide bonds. The van der Waals surface area contributed by atoms with Gasteiger partial charge in [0.1, 0.15) is 18.4 Å². The van der Waals surface area contributed by atoms with Gasteiger partial charge in [-0.15, -0.1) is 0 Å². The Kier molecular flexibility index (Phi) is 7.43. The second-order valence-corrected chi connectivity index (χ2v) is 13.1. The number of fused-ring (bicyclic) bond motifs is 1. The van der Waals surface area contributed by atoms with E-state index in [4.69, 9.17) is 9.47 Å². The predicted molar refractivity (Wildman–Crippen MR) is 155 cm³/mol. The van der Waals surface area contributed by atoms with Crippen molar-refractivity contribution in [2.45, 2.75) is 82.9 Å². The van der Waals surface area contributed by atoms with Crippen molar-refractivity contribution in [1.82, 2.24) is 5.32 Å². The molecule has 6 nitrogen and oxygen atoms in total. The molecule has 0 radical (unpaired) electrons. The molecule has 4 bridgehead atoms. The third-order valence-corrected chi connectivity index (χ3v) is 9.46. The van der Waals surface area contributed by atoms with Gasteiger partial charge in [-0.1, -0.05) is 42.5 Å². The van der Waals surface area contributed by atoms with Crippen LogP contribution in [-0.4, -0.2) is 34.7 Å². The lowest BCUT2D eigenvalue weighted by Crippen LogP contribution is -2.65. The van der Waals surface area contributed by atoms with Crippen LogP contribution < -0.4 is 10.1 Å². The van der Waals surface area contributed by atoms with Crippen molar-refractivity contribution in [2.24, 2.45) is 17.3 Å². The van der Waals surface area contributed by atoms with Gasteiger partial charge in [0, 0.05) is 10.8 Å². The third-order valence-electron chi connectivity index (χ3n) is 9.46. The summed E-state index contributed by atoms with van der Waals surface area (Å²) in [6.07, 6.45) is 0.561. The number of carboxylic acids is 1. The van der Waals surface area contributed by atoms with Gasteiger partial charge in [-0.25, -0.2) is 4.79 Å². The molecule has 228 valence electrons. The Balaban J connectivity index is 1.29. The van der Waals surface area contributed by atoms with Crippen molar-refractivity contribution in [3.05, 3.63) is 77.4 Å². The first kappa shape index (κ1) is 29.5. The summed E-state index contributed by atoms with van der Waals surface area (Å²) >= 11 is 0. The number of aliphatic carboxylic acids is 1. The van der Waals surface area contributed by atoms with E-state index in [1.165, 1.54) is 12.1 Å². The Bertz CT molecular complexity index is 1510. The fraction of sp³-hybridized carbons (Fsp3) is 0.471. The van der Waals surface area contributed by atoms with Gasteiger partial charge >= 0.3 is 12.1 Å². The maximum absolute atomic E-state index is 13.9. The standard InChI is InChI=1S/C34H36F3NO5/c1-20(2)43-33-16-22-13-23(17-33)15-32(14-22,19-33)29(31(40)41)38-30(39)27-12-9-24-5-3-4-6-26(24)28(27)42-18-21-7-10-25(11-8-21)34(35,36)37/h3-12,20,22-23,29H,13-19H2,1-2H3,(H,38,39)(H,40,41)/t22-,23+,29-,32?,33?/m1/s1. The summed E-state index contributed by atoms with van der Waals surface area (Å²) in [7, 11) is 0. The lowest BCUT2D eigenvalue weighted by atomic mass is 9.46. The number of amides is 1. The first-order chi connectivity index (χ1) is 20.4. The summed E-state index contributed by atoms with van der Waals surface area (Å²) in [6.45, 7) is 3.94. The highest BCUT2D eigenvalue weighted by molar-refractivity contribution is 6.05. The summed E-state index contributed by atoms with van der Waals surface area (Å²) in [5.74, 6) is -0.646. The van der Waals surface area contributed by atoms with Crippen molar-refractivity contribution < 1.29 is 37.3 Å². The predicted octanol–water partition coefficient (Wildman–Crippen LogP) is 7.38. The first-order valence-corrected chi connectivity index (χ1v) is 14.9. The lowest BCUT2D eigenvalue weighted by Gasteiger charge is -2.63. The zero-order valence-corrected chi connectivity index (χ0v) is 24.2. The van der Waals surface area contributed by atoms with E-state index in [2.05, 4.69) is 5.32 Å². The molecule has 2 unspecified atom stereocenters. The number of ether oxygens (including phenoxy) is 2. The number of hydrogen-bond acceptors (Lipinski definition) is 4. The molecule has 4 aliphatic rings. The number of carboxylic acid groups (broad SMARTS) is 1. The van der Waals surface area contributed by atoms with Gasteiger partial charge in [-0.3, -0.25) is 4.79 Å². The Morgan fingerprint density at radius 2 is 1.65 bits per heavy atom. The summed E-state index contributed by atoms with van der Waals surface area (Å²) in [4.78, 5) is 26.8. The molecule has 0 aromatic heterocycles. The second kappa shape index (κ2) is 10.8. The molecule has 0 heterocycles. The Morgan fingerprint density at radius 1 is 0.977 bits per heavy atom. The van der Waals surface area contributed by atoms with E-state index in [-0.39, 0.29) is 29.6 Å². The molecule has 3 aromatic rings. The largest absolute Gasteiger partial charge is 0.487 e. The van der Waals surface area contributed by atoms with Gasteiger partial charge in [-0.2, -0.15) is 13.2 Å². The number of rotatable bonds is 9. The normalized spacial score (nSPS) is 26.9. The van der Waals surface area contributed by atoms with Gasteiger partial charge in [0.05, 0.1) is 22.8 Å². The van der Waals surface area contributed by atoms with Crippen LogP contribution in [0.3, 0.4) is 0 Å². The SMILES string of the molecule is CC(C)OC12C[C@H]3C[C@@H](C1)CC([C@H](NC(=O)c1ccc4ccccc4c1OCc1ccc(C(F)(F)F)cc1)C(=O)O)(C3)C2. The molecule has 0 aliphatic heterocycles. The van der Waals surface area contributed by atoms with Crippen LogP contribution in [0.1, 0.15) is 73.9 Å². The molecule has 2 N–H and O–H groups in total. The number of nitrogens with one attached hydrogen (secondary N) is 1. The highest BCUT2D eigenvalue weighted by Gasteiger charge is 2.62. The molecule has 9 heteroatoms. The van der Waals surface area contributed by atoms with Crippen molar-refractivity contribution in [2.75, 3.05) is 0 Å². The average molecular weight is 596 g/mol. The molecule has 4 saturated carbocycles. The van der Waals surface area contributed by atoms with E-state index >= 15 is 0 Å². The maximum Gasteiger partial charge on any atom is 0.416 e. The smallest absolute Gasteiger partial charge is 0.416 e. The average Bonchev–Trinajstić information content (AvgIpc) is 2.92. The minimum absolute atomic E-state index is 0.0214. The molecule has 4 aliphatic carbocycles. The number of carbonyl (C=O) groups excluding carboxylic acids is 1. The monoisotopic (exact) mass is 595 g/mol. The summed E-state index contributed by atoms with van der Waals surface area (Å²) in [5.41, 5.74) is -1.06. The van der Waals surface area contributed by atoms with Crippen molar-refractivity contribution >= 4 is 22.6 Å². The molecule has 5 atom stereocenters. The number of benzene rings is 3. The molecular weight excluding hydrogens is 559 g/mol. The second-order valence-electron chi connectivity index (χ2n) is 13.1. The topological polar surface area (TPSA) is 84.9 Å². The van der Waals surface area contributed by atoms with E-state index in [1.54, 1.807) is 24.3 Å². The van der Waals surface area contributed by atoms with Crippen molar-refractivity contribution in [3.8, 4) is 5.75 Å². The van der Waals surface area contributed by atoms with Crippen molar-refractivity contribution in [3.63, 3.8) is 0 Å². The lowest BCUT2D eigenvalue weighted by molar-refractivity contribution is -0.215. The number of halogens is 3. The van der Waals surface area contributed by atoms with E-state index in [1.807, 2.05) is 26.0 Å². The van der Waals surface area contributed by atoms with Crippen LogP contribution in [0, 0.1) is 17.3 Å². The number of hydrogen-bond donors (Lipinski definition) is 2. The van der Waals surface area contributed by atoms with Crippen LogP contribution in [0.2, 0.25) is 0 Å². The summed E-state index contributed by atoms with van der Waals surface area (Å²) in [5, 5.41) is 14.8. The van der Waals surface area contributed by atoms with E-state index in [0.717, 1.165) is 49.6 Å². The van der Waals surface area contributed by atoms with E-state index in [9.17, 15) is 27.9 Å². The maximum atomic E-state index is 13.9. The van der Waals surface area contributed by atoms with Crippen LogP contribution >= 0.6 is 0 Å². The zero-order valence-electron chi connectivity index (χ0n) is 24.2. The van der Waals surface area contributed by atoms with Gasteiger partial charge < -0.3 is 19.9 Å². The highest BCUT2D eigenvalue weighted by Crippen LogP contribution is 2.64. The fourth-order valence-corrected chi connectivity index (χ4v) is 8.43. The van der Waals surface area contributed by atoms with Crippen LogP contribution in [-0.2, 0) is 22.3 Å². The van der Waals surface area contributed by atoms with Crippen LogP contribution in [0.5, 0.6) is 5.75 Å². The summed E-state index contributed by atoms with van der Waals surface area (Å²) < 4.78 is 51.7. The minimum Gasteiger partial charge on any atom is -0.487 e. The minimum atomic E-state index is -4.45. The van der Waals surface area contributed by atoms with Crippen molar-refractivity contribution in [1.29, 1.82) is 0 Å². The molecule has 7 rings (SSSR count). The molecule has 3 aromatic carbocycles. The van der Waals surface area contributed by atoms with Crippen LogP contribution in [0.25, 0.3) is 10.8 Å². The molecule has 0 saturated heterocycles. The number of alkyl halides is 3. The Morgan fingerprint density at radius 3 is 2.28 bits per heavy atom. The number of carbonyl (C=O) groups is 2. The van der Waals surface area contributed by atoms with Gasteiger partial charge in [0.15, 0.2) is 0 Å². The fourth-order valence-electron chi connectivity index (χ4n) is 8.43. The molecule has 43 heavy (non-hydrogen) atoms. The Hall–Kier alpha value is -3.59. The molecule has 0 spiro atoms. The zero-order chi connectivity index (χ0) is 30.6.